The number of amides is 1. The average Bonchev–Trinajstić information content (AvgIpc) is 2.60. The van der Waals surface area contributed by atoms with E-state index in [-0.39, 0.29) is 6.09 Å². The third-order valence-electron chi connectivity index (χ3n) is 4.62. The van der Waals surface area contributed by atoms with E-state index < -0.39 is 5.60 Å². The first kappa shape index (κ1) is 18.5. The fourth-order valence-electron chi connectivity index (χ4n) is 3.35. The molecular weight excluding hydrogens is 324 g/mol. The van der Waals surface area contributed by atoms with Gasteiger partial charge < -0.3 is 15.4 Å². The van der Waals surface area contributed by atoms with Gasteiger partial charge in [0.05, 0.1) is 0 Å². The number of hydrogen-bond donors (Lipinski definition) is 2. The van der Waals surface area contributed by atoms with Crippen molar-refractivity contribution in [3.05, 3.63) is 58.7 Å². The Balaban J connectivity index is 1.72. The first-order valence-corrected chi connectivity index (χ1v) is 9.22. The van der Waals surface area contributed by atoms with Crippen LogP contribution in [0.25, 0.3) is 11.1 Å². The molecule has 0 aliphatic carbocycles. The molecule has 1 aliphatic heterocycles. The van der Waals surface area contributed by atoms with Gasteiger partial charge in [-0.05, 0) is 74.0 Å². The number of hydrogen-bond acceptors (Lipinski definition) is 3. The number of fused-ring (bicyclic) bond motifs is 1. The fraction of sp³-hybridized carbons (Fsp3) is 0.409. The SMILES string of the molecule is Cc1ccc(-c2ccc(CNC(=O)OC(C)(C)C)cc2)c2c1CCNC2. The number of carbonyl (C=O) groups excluding carboxylic acids is 1. The summed E-state index contributed by atoms with van der Waals surface area (Å²) in [6.45, 7) is 10.2. The molecule has 1 amide bonds. The molecule has 4 heteroatoms. The van der Waals surface area contributed by atoms with Gasteiger partial charge in [0.25, 0.3) is 0 Å². The third kappa shape index (κ3) is 4.44. The smallest absolute Gasteiger partial charge is 0.407 e. The van der Waals surface area contributed by atoms with E-state index in [0.717, 1.165) is 25.1 Å². The van der Waals surface area contributed by atoms with Crippen LogP contribution in [0.15, 0.2) is 36.4 Å². The van der Waals surface area contributed by atoms with Gasteiger partial charge in [-0.25, -0.2) is 4.79 Å². The predicted octanol–water partition coefficient (Wildman–Crippen LogP) is 4.33. The van der Waals surface area contributed by atoms with E-state index in [1.165, 1.54) is 27.8 Å². The number of carbonyl (C=O) groups is 1. The van der Waals surface area contributed by atoms with Crippen LogP contribution in [0.4, 0.5) is 4.79 Å². The van der Waals surface area contributed by atoms with Crippen molar-refractivity contribution in [1.82, 2.24) is 10.6 Å². The summed E-state index contributed by atoms with van der Waals surface area (Å²) in [6.07, 6.45) is 0.702. The van der Waals surface area contributed by atoms with Crippen molar-refractivity contribution in [3.63, 3.8) is 0 Å². The van der Waals surface area contributed by atoms with Crippen molar-refractivity contribution >= 4 is 6.09 Å². The standard InChI is InChI=1S/C22H28N2O2/c1-15-5-10-19(20-14-23-12-11-18(15)20)17-8-6-16(7-9-17)13-24-21(25)26-22(2,3)4/h5-10,23H,11-14H2,1-4H3,(H,24,25). The van der Waals surface area contributed by atoms with Crippen molar-refractivity contribution in [2.24, 2.45) is 0 Å². The zero-order chi connectivity index (χ0) is 18.7. The van der Waals surface area contributed by atoms with E-state index >= 15 is 0 Å². The highest BCUT2D eigenvalue weighted by molar-refractivity contribution is 5.71. The van der Waals surface area contributed by atoms with Gasteiger partial charge >= 0.3 is 6.09 Å². The lowest BCUT2D eigenvalue weighted by Crippen LogP contribution is -2.32. The molecule has 0 bridgehead atoms. The van der Waals surface area contributed by atoms with Crippen molar-refractivity contribution < 1.29 is 9.53 Å². The Morgan fingerprint density at radius 1 is 1.12 bits per heavy atom. The van der Waals surface area contributed by atoms with E-state index in [1.54, 1.807) is 0 Å². The minimum atomic E-state index is -0.480. The van der Waals surface area contributed by atoms with Crippen molar-refractivity contribution in [2.75, 3.05) is 6.54 Å². The maximum atomic E-state index is 11.8. The van der Waals surface area contributed by atoms with Crippen LogP contribution in [0, 0.1) is 6.92 Å². The van der Waals surface area contributed by atoms with Crippen molar-refractivity contribution in [2.45, 2.75) is 52.8 Å². The molecule has 0 unspecified atom stereocenters. The normalized spacial score (nSPS) is 13.8. The summed E-state index contributed by atoms with van der Waals surface area (Å²) in [5.41, 5.74) is 7.36. The second-order valence-corrected chi connectivity index (χ2v) is 7.87. The van der Waals surface area contributed by atoms with Gasteiger partial charge in [0.15, 0.2) is 0 Å². The Morgan fingerprint density at radius 2 is 1.85 bits per heavy atom. The monoisotopic (exact) mass is 352 g/mol. The number of rotatable bonds is 3. The average molecular weight is 352 g/mol. The summed E-state index contributed by atoms with van der Waals surface area (Å²) in [4.78, 5) is 11.8. The predicted molar refractivity (Wildman–Crippen MR) is 105 cm³/mol. The summed E-state index contributed by atoms with van der Waals surface area (Å²) in [6, 6.07) is 12.8. The van der Waals surface area contributed by atoms with E-state index in [2.05, 4.69) is 54.0 Å². The largest absolute Gasteiger partial charge is 0.444 e. The highest BCUT2D eigenvalue weighted by atomic mass is 16.6. The zero-order valence-electron chi connectivity index (χ0n) is 16.1. The third-order valence-corrected chi connectivity index (χ3v) is 4.62. The number of benzene rings is 2. The topological polar surface area (TPSA) is 50.4 Å². The molecule has 4 nitrogen and oxygen atoms in total. The van der Waals surface area contributed by atoms with Crippen LogP contribution in [0.5, 0.6) is 0 Å². The molecule has 1 aliphatic rings. The Labute approximate surface area is 156 Å². The lowest BCUT2D eigenvalue weighted by molar-refractivity contribution is 0.0523. The van der Waals surface area contributed by atoms with Gasteiger partial charge in [-0.15, -0.1) is 0 Å². The molecule has 0 saturated heterocycles. The highest BCUT2D eigenvalue weighted by Gasteiger charge is 2.17. The van der Waals surface area contributed by atoms with E-state index in [9.17, 15) is 4.79 Å². The number of alkyl carbamates (subject to hydrolysis) is 1. The molecule has 0 radical (unpaired) electrons. The first-order valence-electron chi connectivity index (χ1n) is 9.22. The maximum absolute atomic E-state index is 11.8. The first-order chi connectivity index (χ1) is 12.3. The molecule has 0 spiro atoms. The summed E-state index contributed by atoms with van der Waals surface area (Å²) in [5, 5.41) is 6.28. The minimum absolute atomic E-state index is 0.389. The molecule has 3 rings (SSSR count). The summed E-state index contributed by atoms with van der Waals surface area (Å²) in [7, 11) is 0. The van der Waals surface area contributed by atoms with Gasteiger partial charge in [-0.1, -0.05) is 36.4 Å². The molecule has 0 saturated carbocycles. The van der Waals surface area contributed by atoms with Crippen molar-refractivity contribution in [3.8, 4) is 11.1 Å². The molecule has 0 fully saturated rings. The number of aryl methyl sites for hydroxylation is 1. The van der Waals surface area contributed by atoms with Crippen LogP contribution in [-0.4, -0.2) is 18.2 Å². The van der Waals surface area contributed by atoms with Gasteiger partial charge in [-0.2, -0.15) is 0 Å². The van der Waals surface area contributed by atoms with Gasteiger partial charge in [0.2, 0.25) is 0 Å². The van der Waals surface area contributed by atoms with Gasteiger partial charge in [0, 0.05) is 13.1 Å². The second-order valence-electron chi connectivity index (χ2n) is 7.87. The molecule has 2 aromatic carbocycles. The quantitative estimate of drug-likeness (QED) is 0.864. The maximum Gasteiger partial charge on any atom is 0.407 e. The number of ether oxygens (including phenoxy) is 1. The Morgan fingerprint density at radius 3 is 2.54 bits per heavy atom. The Kier molecular flexibility index (Phi) is 5.33. The van der Waals surface area contributed by atoms with Crippen LogP contribution in [0.1, 0.15) is 43.0 Å². The van der Waals surface area contributed by atoms with Crippen LogP contribution >= 0.6 is 0 Å². The van der Waals surface area contributed by atoms with E-state index in [4.69, 9.17) is 4.74 Å². The molecule has 0 atom stereocenters. The summed E-state index contributed by atoms with van der Waals surface area (Å²) in [5.74, 6) is 0. The Bertz CT molecular complexity index is 789. The van der Waals surface area contributed by atoms with E-state index in [1.807, 2.05) is 20.8 Å². The lowest BCUT2D eigenvalue weighted by Gasteiger charge is -2.23. The summed E-state index contributed by atoms with van der Waals surface area (Å²) < 4.78 is 5.27. The lowest BCUT2D eigenvalue weighted by atomic mass is 9.89. The molecular formula is C22H28N2O2. The van der Waals surface area contributed by atoms with Crippen LogP contribution in [0.2, 0.25) is 0 Å². The van der Waals surface area contributed by atoms with Crippen molar-refractivity contribution in [1.29, 1.82) is 0 Å². The molecule has 2 aromatic rings. The van der Waals surface area contributed by atoms with Crippen LogP contribution < -0.4 is 10.6 Å². The molecule has 2 N–H and O–H groups in total. The summed E-state index contributed by atoms with van der Waals surface area (Å²) >= 11 is 0. The second kappa shape index (κ2) is 7.50. The molecule has 1 heterocycles. The number of nitrogens with one attached hydrogen (secondary N) is 2. The van der Waals surface area contributed by atoms with Gasteiger partial charge in [0.1, 0.15) is 5.60 Å². The van der Waals surface area contributed by atoms with E-state index in [0.29, 0.717) is 6.54 Å². The van der Waals surface area contributed by atoms with Crippen LogP contribution in [-0.2, 0) is 24.2 Å². The highest BCUT2D eigenvalue weighted by Crippen LogP contribution is 2.30. The molecule has 0 aromatic heterocycles. The van der Waals surface area contributed by atoms with Gasteiger partial charge in [-0.3, -0.25) is 0 Å². The molecule has 138 valence electrons. The van der Waals surface area contributed by atoms with Crippen LogP contribution in [0.3, 0.4) is 0 Å². The minimum Gasteiger partial charge on any atom is -0.444 e. The Hall–Kier alpha value is -2.33. The zero-order valence-corrected chi connectivity index (χ0v) is 16.1. The molecule has 26 heavy (non-hydrogen) atoms. The fourth-order valence-corrected chi connectivity index (χ4v) is 3.35.